The highest BCUT2D eigenvalue weighted by molar-refractivity contribution is 7.89. The number of aliphatic hydroxyl groups is 1. The van der Waals surface area contributed by atoms with E-state index >= 15 is 0 Å². The van der Waals surface area contributed by atoms with Crippen molar-refractivity contribution < 1.29 is 23.2 Å². The van der Waals surface area contributed by atoms with E-state index in [0.717, 1.165) is 11.1 Å². The van der Waals surface area contributed by atoms with Crippen LogP contribution < -0.4 is 4.74 Å². The molecular formula is C25H27N3O6S. The average Bonchev–Trinajstić information content (AvgIpc) is 2.88. The number of benzene rings is 3. The molecule has 0 amide bonds. The third-order valence-corrected chi connectivity index (χ3v) is 7.83. The molecule has 0 saturated carbocycles. The van der Waals surface area contributed by atoms with Crippen LogP contribution in [0.25, 0.3) is 11.1 Å². The molecule has 0 spiro atoms. The van der Waals surface area contributed by atoms with Crippen molar-refractivity contribution in [2.45, 2.75) is 11.0 Å². The number of nitro benzene ring substituents is 1. The molecule has 1 aliphatic heterocycles. The van der Waals surface area contributed by atoms with Crippen LogP contribution in [-0.4, -0.2) is 73.1 Å². The van der Waals surface area contributed by atoms with Crippen molar-refractivity contribution in [2.24, 2.45) is 0 Å². The first-order chi connectivity index (χ1) is 16.8. The molecule has 0 bridgehead atoms. The van der Waals surface area contributed by atoms with Crippen LogP contribution in [0.3, 0.4) is 0 Å². The molecule has 1 heterocycles. The number of rotatable bonds is 9. The van der Waals surface area contributed by atoms with Gasteiger partial charge >= 0.3 is 0 Å². The zero-order chi connectivity index (χ0) is 24.8. The van der Waals surface area contributed by atoms with E-state index in [2.05, 4.69) is 0 Å². The number of nitro groups is 1. The molecule has 9 nitrogen and oxygen atoms in total. The van der Waals surface area contributed by atoms with Crippen LogP contribution in [-0.2, 0) is 10.0 Å². The second-order valence-electron chi connectivity index (χ2n) is 8.28. The lowest BCUT2D eigenvalue weighted by Crippen LogP contribution is -2.50. The summed E-state index contributed by atoms with van der Waals surface area (Å²) in [7, 11) is -3.98. The molecule has 1 aliphatic rings. The van der Waals surface area contributed by atoms with Crippen LogP contribution in [0.2, 0.25) is 0 Å². The van der Waals surface area contributed by atoms with Gasteiger partial charge in [0.15, 0.2) is 4.90 Å². The molecule has 184 valence electrons. The molecular weight excluding hydrogens is 470 g/mol. The summed E-state index contributed by atoms with van der Waals surface area (Å²) in [5, 5.41) is 21.7. The number of hydrogen-bond acceptors (Lipinski definition) is 7. The zero-order valence-electron chi connectivity index (χ0n) is 19.1. The van der Waals surface area contributed by atoms with Crippen molar-refractivity contribution in [1.29, 1.82) is 0 Å². The molecule has 0 aromatic heterocycles. The minimum atomic E-state index is -3.98. The van der Waals surface area contributed by atoms with Gasteiger partial charge in [-0.3, -0.25) is 15.0 Å². The molecule has 3 aromatic rings. The van der Waals surface area contributed by atoms with E-state index in [4.69, 9.17) is 4.74 Å². The third kappa shape index (κ3) is 6.04. The van der Waals surface area contributed by atoms with Crippen LogP contribution in [0.15, 0.2) is 83.8 Å². The minimum Gasteiger partial charge on any atom is -0.491 e. The maximum absolute atomic E-state index is 12.9. The number of piperazine rings is 1. The summed E-state index contributed by atoms with van der Waals surface area (Å²) in [6.07, 6.45) is -0.748. The number of nitrogens with zero attached hydrogens (tertiary/aromatic N) is 3. The first-order valence-electron chi connectivity index (χ1n) is 11.3. The molecule has 0 unspecified atom stereocenters. The molecule has 1 saturated heterocycles. The van der Waals surface area contributed by atoms with E-state index in [-0.39, 0.29) is 24.6 Å². The average molecular weight is 498 g/mol. The highest BCUT2D eigenvalue weighted by Gasteiger charge is 2.33. The quantitative estimate of drug-likeness (QED) is 0.357. The Morgan fingerprint density at radius 3 is 2.14 bits per heavy atom. The number of β-amino-alcohol motifs (C(OH)–C–C–N with tert-alkyl or cyclic N) is 1. The van der Waals surface area contributed by atoms with Crippen LogP contribution >= 0.6 is 0 Å². The van der Waals surface area contributed by atoms with Crippen molar-refractivity contribution in [3.63, 3.8) is 0 Å². The van der Waals surface area contributed by atoms with E-state index in [1.165, 1.54) is 28.6 Å². The van der Waals surface area contributed by atoms with E-state index in [0.29, 0.717) is 25.4 Å². The molecule has 1 atom stereocenters. The highest BCUT2D eigenvalue weighted by atomic mass is 32.2. The normalized spacial score (nSPS) is 16.0. The molecule has 10 heteroatoms. The maximum Gasteiger partial charge on any atom is 0.289 e. The van der Waals surface area contributed by atoms with E-state index in [1.54, 1.807) is 0 Å². The van der Waals surface area contributed by atoms with Gasteiger partial charge in [-0.2, -0.15) is 4.31 Å². The number of para-hydroxylation sites is 1. The van der Waals surface area contributed by atoms with Gasteiger partial charge in [0, 0.05) is 38.8 Å². The number of hydrogen-bond donors (Lipinski definition) is 1. The van der Waals surface area contributed by atoms with Crippen molar-refractivity contribution >= 4 is 15.7 Å². The summed E-state index contributed by atoms with van der Waals surface area (Å²) in [4.78, 5) is 12.2. The largest absolute Gasteiger partial charge is 0.491 e. The second kappa shape index (κ2) is 11.0. The molecule has 3 aromatic carbocycles. The Labute approximate surface area is 204 Å². The van der Waals surface area contributed by atoms with Crippen molar-refractivity contribution in [2.75, 3.05) is 39.3 Å². The Hall–Kier alpha value is -3.31. The molecule has 0 aliphatic carbocycles. The lowest BCUT2D eigenvalue weighted by molar-refractivity contribution is -0.387. The Balaban J connectivity index is 1.26. The van der Waals surface area contributed by atoms with Crippen LogP contribution in [0.1, 0.15) is 0 Å². The summed E-state index contributed by atoms with van der Waals surface area (Å²) in [5.74, 6) is 0.657. The number of ether oxygens (including phenoxy) is 1. The van der Waals surface area contributed by atoms with Gasteiger partial charge in [-0.25, -0.2) is 8.42 Å². The standard InChI is InChI=1S/C25H27N3O6S/c29-22(19-34-23-12-10-21(11-13-23)20-6-2-1-3-7-20)18-26-14-16-27(17-15-26)35(32,33)25-9-5-4-8-24(25)28(30)31/h1-13,22,29H,14-19H2/t22-/m1/s1. The van der Waals surface area contributed by atoms with Gasteiger partial charge in [0.05, 0.1) is 4.92 Å². The van der Waals surface area contributed by atoms with Crippen LogP contribution in [0, 0.1) is 10.1 Å². The van der Waals surface area contributed by atoms with Gasteiger partial charge in [-0.15, -0.1) is 0 Å². The number of sulfonamides is 1. The Morgan fingerprint density at radius 1 is 0.886 bits per heavy atom. The fourth-order valence-electron chi connectivity index (χ4n) is 4.04. The summed E-state index contributed by atoms with van der Waals surface area (Å²) in [5.41, 5.74) is 1.76. The fraction of sp³-hybridized carbons (Fsp3) is 0.280. The molecule has 35 heavy (non-hydrogen) atoms. The van der Waals surface area contributed by atoms with Gasteiger partial charge in [0.25, 0.3) is 5.69 Å². The predicted octanol–water partition coefficient (Wildman–Crippen LogP) is 3.01. The summed E-state index contributed by atoms with van der Waals surface area (Å²) < 4.78 is 32.9. The van der Waals surface area contributed by atoms with Gasteiger partial charge < -0.3 is 9.84 Å². The second-order valence-corrected chi connectivity index (χ2v) is 10.2. The first-order valence-corrected chi connectivity index (χ1v) is 12.7. The molecule has 0 radical (unpaired) electrons. The minimum absolute atomic E-state index is 0.111. The van der Waals surface area contributed by atoms with Gasteiger partial charge in [-0.1, -0.05) is 54.6 Å². The van der Waals surface area contributed by atoms with E-state index < -0.39 is 26.7 Å². The Bertz CT molecular complexity index is 1240. The van der Waals surface area contributed by atoms with E-state index in [1.807, 2.05) is 59.5 Å². The molecule has 1 N–H and O–H groups in total. The van der Waals surface area contributed by atoms with Gasteiger partial charge in [-0.05, 0) is 29.3 Å². The summed E-state index contributed by atoms with van der Waals surface area (Å²) in [6.45, 7) is 1.62. The monoisotopic (exact) mass is 497 g/mol. The van der Waals surface area contributed by atoms with Crippen LogP contribution in [0.4, 0.5) is 5.69 Å². The topological polar surface area (TPSA) is 113 Å². The lowest BCUT2D eigenvalue weighted by Gasteiger charge is -2.34. The van der Waals surface area contributed by atoms with Gasteiger partial charge in [0.1, 0.15) is 18.5 Å². The Morgan fingerprint density at radius 2 is 1.49 bits per heavy atom. The number of aliphatic hydroxyl groups excluding tert-OH is 1. The third-order valence-electron chi connectivity index (χ3n) is 5.88. The van der Waals surface area contributed by atoms with Crippen molar-refractivity contribution in [3.05, 3.63) is 89.0 Å². The predicted molar refractivity (Wildman–Crippen MR) is 132 cm³/mol. The lowest BCUT2D eigenvalue weighted by atomic mass is 10.1. The molecule has 4 rings (SSSR count). The summed E-state index contributed by atoms with van der Waals surface area (Å²) >= 11 is 0. The Kier molecular flexibility index (Phi) is 7.76. The summed E-state index contributed by atoms with van der Waals surface area (Å²) in [6, 6.07) is 23.0. The fourth-order valence-corrected chi connectivity index (χ4v) is 5.61. The van der Waals surface area contributed by atoms with E-state index in [9.17, 15) is 23.6 Å². The van der Waals surface area contributed by atoms with Crippen LogP contribution in [0.5, 0.6) is 5.75 Å². The van der Waals surface area contributed by atoms with Crippen molar-refractivity contribution in [1.82, 2.24) is 9.21 Å². The highest BCUT2D eigenvalue weighted by Crippen LogP contribution is 2.27. The SMILES string of the molecule is O=[N+]([O-])c1ccccc1S(=O)(=O)N1CCN(C[C@@H](O)COc2ccc(-c3ccccc3)cc2)CC1. The van der Waals surface area contributed by atoms with Gasteiger partial charge in [0.2, 0.25) is 10.0 Å². The molecule has 1 fully saturated rings. The maximum atomic E-state index is 12.9. The first kappa shape index (κ1) is 24.8. The smallest absolute Gasteiger partial charge is 0.289 e. The zero-order valence-corrected chi connectivity index (χ0v) is 19.9. The van der Waals surface area contributed by atoms with Crippen molar-refractivity contribution in [3.8, 4) is 16.9 Å².